The third kappa shape index (κ3) is 2.85. The fourth-order valence-corrected chi connectivity index (χ4v) is 2.97. The van der Waals surface area contributed by atoms with Crippen LogP contribution in [0.4, 0.5) is 5.69 Å². The summed E-state index contributed by atoms with van der Waals surface area (Å²) in [5.74, 6) is 0.142. The predicted octanol–water partition coefficient (Wildman–Crippen LogP) is 3.59. The highest BCUT2D eigenvalue weighted by Crippen LogP contribution is 2.30. The van der Waals surface area contributed by atoms with Gasteiger partial charge in [0.2, 0.25) is 0 Å². The second kappa shape index (κ2) is 5.67. The van der Waals surface area contributed by atoms with E-state index in [1.165, 1.54) is 4.88 Å². The molecule has 0 atom stereocenters. The molecule has 0 spiro atoms. The molecule has 1 fully saturated rings. The third-order valence-electron chi connectivity index (χ3n) is 3.58. The molecule has 104 valence electrons. The van der Waals surface area contributed by atoms with E-state index in [0.717, 1.165) is 30.6 Å². The van der Waals surface area contributed by atoms with Gasteiger partial charge in [0.05, 0.1) is 6.54 Å². The van der Waals surface area contributed by atoms with Crippen LogP contribution in [-0.2, 0) is 6.54 Å². The van der Waals surface area contributed by atoms with Gasteiger partial charge in [0.1, 0.15) is 0 Å². The Morgan fingerprint density at radius 1 is 1.30 bits per heavy atom. The summed E-state index contributed by atoms with van der Waals surface area (Å²) in [5, 5.41) is 5.13. The number of nitrogens with zero attached hydrogens (tertiary/aromatic N) is 1. The summed E-state index contributed by atoms with van der Waals surface area (Å²) >= 11 is 1.71. The number of benzene rings is 1. The van der Waals surface area contributed by atoms with Crippen LogP contribution in [0.3, 0.4) is 0 Å². The Morgan fingerprint density at radius 2 is 2.05 bits per heavy atom. The smallest absolute Gasteiger partial charge is 0.254 e. The van der Waals surface area contributed by atoms with E-state index >= 15 is 0 Å². The number of carbonyl (C=O) groups excluding carboxylic acids is 1. The van der Waals surface area contributed by atoms with E-state index in [1.54, 1.807) is 11.3 Å². The fraction of sp³-hybridized carbons (Fsp3) is 0.312. The maximum atomic E-state index is 12.7. The lowest BCUT2D eigenvalue weighted by Gasteiger charge is -2.22. The van der Waals surface area contributed by atoms with Crippen molar-refractivity contribution >= 4 is 22.9 Å². The van der Waals surface area contributed by atoms with Crippen LogP contribution in [0.5, 0.6) is 0 Å². The van der Waals surface area contributed by atoms with E-state index in [2.05, 4.69) is 16.8 Å². The van der Waals surface area contributed by atoms with Crippen molar-refractivity contribution in [2.24, 2.45) is 0 Å². The first-order valence-electron chi connectivity index (χ1n) is 6.89. The molecular formula is C16H18N2OS. The molecule has 0 saturated heterocycles. The topological polar surface area (TPSA) is 32.3 Å². The number of hydrogen-bond donors (Lipinski definition) is 1. The van der Waals surface area contributed by atoms with Crippen LogP contribution in [0.15, 0.2) is 41.8 Å². The number of hydrogen-bond acceptors (Lipinski definition) is 3. The maximum absolute atomic E-state index is 12.7. The van der Waals surface area contributed by atoms with Gasteiger partial charge in [0.15, 0.2) is 0 Å². The van der Waals surface area contributed by atoms with Gasteiger partial charge in [-0.25, -0.2) is 0 Å². The summed E-state index contributed by atoms with van der Waals surface area (Å²) in [6.07, 6.45) is 2.26. The standard InChI is InChI=1S/C16H18N2OS/c1-17-13-6-4-12(5-7-13)16(19)18(14-8-9-14)11-15-3-2-10-20-15/h2-7,10,14,17H,8-9,11H2,1H3. The summed E-state index contributed by atoms with van der Waals surface area (Å²) in [5.41, 5.74) is 1.80. The summed E-state index contributed by atoms with van der Waals surface area (Å²) < 4.78 is 0. The Bertz CT molecular complexity index is 573. The zero-order valence-electron chi connectivity index (χ0n) is 11.5. The van der Waals surface area contributed by atoms with Gasteiger partial charge in [0.25, 0.3) is 5.91 Å². The van der Waals surface area contributed by atoms with Gasteiger partial charge in [-0.1, -0.05) is 6.07 Å². The number of rotatable bonds is 5. The molecule has 0 aliphatic heterocycles. The zero-order valence-corrected chi connectivity index (χ0v) is 12.3. The van der Waals surface area contributed by atoms with Gasteiger partial charge in [-0.3, -0.25) is 4.79 Å². The fourth-order valence-electron chi connectivity index (χ4n) is 2.27. The van der Waals surface area contributed by atoms with E-state index in [0.29, 0.717) is 6.04 Å². The van der Waals surface area contributed by atoms with Crippen molar-refractivity contribution < 1.29 is 4.79 Å². The highest BCUT2D eigenvalue weighted by Gasteiger charge is 2.33. The summed E-state index contributed by atoms with van der Waals surface area (Å²) in [6.45, 7) is 0.731. The van der Waals surface area contributed by atoms with Gasteiger partial charge in [-0.15, -0.1) is 11.3 Å². The molecule has 3 nitrogen and oxygen atoms in total. The molecule has 1 aliphatic carbocycles. The number of thiophene rings is 1. The van der Waals surface area contributed by atoms with Crippen LogP contribution in [0, 0.1) is 0 Å². The first kappa shape index (κ1) is 13.2. The molecule has 0 unspecified atom stereocenters. The van der Waals surface area contributed by atoms with E-state index in [1.807, 2.05) is 42.3 Å². The van der Waals surface area contributed by atoms with Crippen molar-refractivity contribution in [2.45, 2.75) is 25.4 Å². The number of carbonyl (C=O) groups is 1. The monoisotopic (exact) mass is 286 g/mol. The van der Waals surface area contributed by atoms with Crippen molar-refractivity contribution in [3.05, 3.63) is 52.2 Å². The van der Waals surface area contributed by atoms with Gasteiger partial charge >= 0.3 is 0 Å². The van der Waals surface area contributed by atoms with E-state index in [9.17, 15) is 4.79 Å². The number of anilines is 1. The lowest BCUT2D eigenvalue weighted by atomic mass is 10.1. The molecule has 0 bridgehead atoms. The average Bonchev–Trinajstić information content (AvgIpc) is 3.21. The van der Waals surface area contributed by atoms with Crippen LogP contribution >= 0.6 is 11.3 Å². The average molecular weight is 286 g/mol. The largest absolute Gasteiger partial charge is 0.388 e. The van der Waals surface area contributed by atoms with Crippen LogP contribution in [-0.4, -0.2) is 23.9 Å². The third-order valence-corrected chi connectivity index (χ3v) is 4.44. The van der Waals surface area contributed by atoms with Crippen LogP contribution < -0.4 is 5.32 Å². The molecule has 4 heteroatoms. The van der Waals surface area contributed by atoms with Crippen molar-refractivity contribution in [1.82, 2.24) is 4.90 Å². The van der Waals surface area contributed by atoms with E-state index in [-0.39, 0.29) is 5.91 Å². The highest BCUT2D eigenvalue weighted by atomic mass is 32.1. The predicted molar refractivity (Wildman–Crippen MR) is 83.2 cm³/mol. The molecule has 3 rings (SSSR count). The Morgan fingerprint density at radius 3 is 2.60 bits per heavy atom. The minimum absolute atomic E-state index is 0.142. The van der Waals surface area contributed by atoms with Crippen molar-refractivity contribution in [3.63, 3.8) is 0 Å². The van der Waals surface area contributed by atoms with Crippen LogP contribution in [0.1, 0.15) is 28.1 Å². The van der Waals surface area contributed by atoms with Gasteiger partial charge < -0.3 is 10.2 Å². The molecule has 1 heterocycles. The molecule has 20 heavy (non-hydrogen) atoms. The summed E-state index contributed by atoms with van der Waals surface area (Å²) in [7, 11) is 1.88. The minimum atomic E-state index is 0.142. The van der Waals surface area contributed by atoms with E-state index < -0.39 is 0 Å². The van der Waals surface area contributed by atoms with Crippen molar-refractivity contribution in [3.8, 4) is 0 Å². The quantitative estimate of drug-likeness (QED) is 0.911. The molecule has 1 saturated carbocycles. The Balaban J connectivity index is 1.77. The normalized spacial score (nSPS) is 14.1. The molecular weight excluding hydrogens is 268 g/mol. The number of nitrogens with one attached hydrogen (secondary N) is 1. The second-order valence-corrected chi connectivity index (χ2v) is 6.10. The molecule has 1 aromatic carbocycles. The second-order valence-electron chi connectivity index (χ2n) is 5.07. The number of amides is 1. The van der Waals surface area contributed by atoms with Crippen LogP contribution in [0.2, 0.25) is 0 Å². The van der Waals surface area contributed by atoms with Gasteiger partial charge in [-0.05, 0) is 48.6 Å². The molecule has 2 aromatic rings. The maximum Gasteiger partial charge on any atom is 0.254 e. The van der Waals surface area contributed by atoms with E-state index in [4.69, 9.17) is 0 Å². The Labute approximate surface area is 123 Å². The molecule has 1 aliphatic rings. The highest BCUT2D eigenvalue weighted by molar-refractivity contribution is 7.09. The SMILES string of the molecule is CNc1ccc(C(=O)N(Cc2cccs2)C2CC2)cc1. The zero-order chi connectivity index (χ0) is 13.9. The van der Waals surface area contributed by atoms with Crippen LogP contribution in [0.25, 0.3) is 0 Å². The summed E-state index contributed by atoms with van der Waals surface area (Å²) in [4.78, 5) is 15.9. The Hall–Kier alpha value is -1.81. The first-order valence-corrected chi connectivity index (χ1v) is 7.77. The van der Waals surface area contributed by atoms with Gasteiger partial charge in [0, 0.05) is 29.2 Å². The lowest BCUT2D eigenvalue weighted by molar-refractivity contribution is 0.0731. The molecule has 0 radical (unpaired) electrons. The Kier molecular flexibility index (Phi) is 3.74. The van der Waals surface area contributed by atoms with Crippen molar-refractivity contribution in [1.29, 1.82) is 0 Å². The first-order chi connectivity index (χ1) is 9.78. The molecule has 1 aromatic heterocycles. The van der Waals surface area contributed by atoms with Crippen molar-refractivity contribution in [2.75, 3.05) is 12.4 Å². The minimum Gasteiger partial charge on any atom is -0.388 e. The molecule has 1 amide bonds. The molecule has 1 N–H and O–H groups in total. The lowest BCUT2D eigenvalue weighted by Crippen LogP contribution is -2.32. The van der Waals surface area contributed by atoms with Gasteiger partial charge in [-0.2, -0.15) is 0 Å². The summed E-state index contributed by atoms with van der Waals surface area (Å²) in [6, 6.07) is 12.3.